The van der Waals surface area contributed by atoms with Crippen molar-refractivity contribution in [2.45, 2.75) is 52.5 Å². The summed E-state index contributed by atoms with van der Waals surface area (Å²) in [6, 6.07) is 6.34. The van der Waals surface area contributed by atoms with Gasteiger partial charge >= 0.3 is 0 Å². The number of aromatic amines is 1. The van der Waals surface area contributed by atoms with Gasteiger partial charge in [-0.2, -0.15) is 0 Å². The first-order valence-electron chi connectivity index (χ1n) is 11.8. The standard InChI is InChI=1S/C25H34N4O5/c1-4-34-22-7-5-6-18-17(22)13-19(28-18)21(30)12-16(10-14(2)3)25(33)29-20(23(26)31)11-15-8-9-27-24(15)32/h5-7,13-16,20,28H,4,8-12H2,1-3H3,(H2,26,31)(H,27,32)(H,29,33)/t15-,16+,20-/m0/s1. The van der Waals surface area contributed by atoms with Crippen LogP contribution >= 0.6 is 0 Å². The van der Waals surface area contributed by atoms with Gasteiger partial charge in [0.15, 0.2) is 5.78 Å². The number of amides is 3. The van der Waals surface area contributed by atoms with E-state index in [0.717, 1.165) is 10.9 Å². The molecule has 0 unspecified atom stereocenters. The van der Waals surface area contributed by atoms with Crippen molar-refractivity contribution in [3.63, 3.8) is 0 Å². The zero-order valence-electron chi connectivity index (χ0n) is 20.0. The number of nitrogens with two attached hydrogens (primary N) is 1. The minimum absolute atomic E-state index is 0.0177. The number of ether oxygens (including phenoxy) is 1. The zero-order chi connectivity index (χ0) is 24.8. The molecule has 184 valence electrons. The zero-order valence-corrected chi connectivity index (χ0v) is 20.0. The van der Waals surface area contributed by atoms with Crippen LogP contribution in [0.5, 0.6) is 5.75 Å². The summed E-state index contributed by atoms with van der Waals surface area (Å²) in [5.74, 6) is -1.60. The van der Waals surface area contributed by atoms with Gasteiger partial charge in [0.1, 0.15) is 11.8 Å². The van der Waals surface area contributed by atoms with Crippen LogP contribution in [0.4, 0.5) is 0 Å². The predicted octanol–water partition coefficient (Wildman–Crippen LogP) is 2.30. The molecule has 0 spiro atoms. The van der Waals surface area contributed by atoms with E-state index >= 15 is 0 Å². The second-order valence-corrected chi connectivity index (χ2v) is 9.26. The highest BCUT2D eigenvalue weighted by atomic mass is 16.5. The van der Waals surface area contributed by atoms with Gasteiger partial charge in [-0.3, -0.25) is 19.2 Å². The van der Waals surface area contributed by atoms with Gasteiger partial charge in [0.05, 0.1) is 12.3 Å². The Balaban J connectivity index is 1.74. The lowest BCUT2D eigenvalue weighted by Crippen LogP contribution is -2.48. The number of benzene rings is 1. The van der Waals surface area contributed by atoms with Crippen LogP contribution in [-0.2, 0) is 14.4 Å². The molecule has 1 aromatic heterocycles. The lowest BCUT2D eigenvalue weighted by molar-refractivity contribution is -0.131. The fourth-order valence-corrected chi connectivity index (χ4v) is 4.44. The molecule has 0 saturated carbocycles. The minimum Gasteiger partial charge on any atom is -0.493 e. The fraction of sp³-hybridized carbons (Fsp3) is 0.520. The number of aromatic nitrogens is 1. The number of nitrogens with one attached hydrogen (secondary N) is 3. The van der Waals surface area contributed by atoms with Crippen molar-refractivity contribution in [1.82, 2.24) is 15.6 Å². The predicted molar refractivity (Wildman–Crippen MR) is 128 cm³/mol. The van der Waals surface area contributed by atoms with E-state index in [1.165, 1.54) is 0 Å². The summed E-state index contributed by atoms with van der Waals surface area (Å²) < 4.78 is 5.64. The van der Waals surface area contributed by atoms with E-state index in [-0.39, 0.29) is 36.4 Å². The molecule has 3 amide bonds. The third-order valence-electron chi connectivity index (χ3n) is 6.13. The maximum Gasteiger partial charge on any atom is 0.240 e. The quantitative estimate of drug-likeness (QED) is 0.352. The van der Waals surface area contributed by atoms with E-state index in [2.05, 4.69) is 15.6 Å². The Morgan fingerprint density at radius 3 is 2.65 bits per heavy atom. The van der Waals surface area contributed by atoms with Crippen molar-refractivity contribution >= 4 is 34.4 Å². The molecule has 34 heavy (non-hydrogen) atoms. The van der Waals surface area contributed by atoms with Gasteiger partial charge in [-0.05, 0) is 50.3 Å². The number of fused-ring (bicyclic) bond motifs is 1. The summed E-state index contributed by atoms with van der Waals surface area (Å²) in [5.41, 5.74) is 6.70. The topological polar surface area (TPSA) is 143 Å². The number of Topliss-reactive ketones (excluding diaryl/α,β-unsaturated/α-hetero) is 1. The number of carbonyl (C=O) groups excluding carboxylic acids is 4. The molecule has 1 aliphatic rings. The van der Waals surface area contributed by atoms with Gasteiger partial charge in [-0.25, -0.2) is 0 Å². The third kappa shape index (κ3) is 6.15. The van der Waals surface area contributed by atoms with Crippen LogP contribution in [0.2, 0.25) is 0 Å². The number of hydrogen-bond acceptors (Lipinski definition) is 5. The van der Waals surface area contributed by atoms with Crippen LogP contribution in [0.25, 0.3) is 10.9 Å². The second kappa shape index (κ2) is 11.2. The summed E-state index contributed by atoms with van der Waals surface area (Å²) in [6.45, 7) is 6.88. The first-order chi connectivity index (χ1) is 16.2. The molecule has 3 atom stereocenters. The first kappa shape index (κ1) is 25.3. The molecule has 0 aliphatic carbocycles. The van der Waals surface area contributed by atoms with Crippen LogP contribution in [0.15, 0.2) is 24.3 Å². The lowest BCUT2D eigenvalue weighted by Gasteiger charge is -2.23. The van der Waals surface area contributed by atoms with Gasteiger partial charge in [0, 0.05) is 35.7 Å². The van der Waals surface area contributed by atoms with Gasteiger partial charge in [-0.1, -0.05) is 19.9 Å². The number of hydrogen-bond donors (Lipinski definition) is 4. The van der Waals surface area contributed by atoms with Crippen LogP contribution in [0.3, 0.4) is 0 Å². The Morgan fingerprint density at radius 2 is 2.03 bits per heavy atom. The summed E-state index contributed by atoms with van der Waals surface area (Å²) in [4.78, 5) is 53.3. The monoisotopic (exact) mass is 470 g/mol. The van der Waals surface area contributed by atoms with Crippen molar-refractivity contribution in [3.8, 4) is 5.75 Å². The minimum atomic E-state index is -0.965. The van der Waals surface area contributed by atoms with E-state index in [9.17, 15) is 19.2 Å². The van der Waals surface area contributed by atoms with Crippen molar-refractivity contribution in [2.75, 3.05) is 13.2 Å². The Hall–Kier alpha value is -3.36. The molecular formula is C25H34N4O5. The van der Waals surface area contributed by atoms with E-state index in [4.69, 9.17) is 10.5 Å². The second-order valence-electron chi connectivity index (χ2n) is 9.26. The molecule has 5 N–H and O–H groups in total. The van der Waals surface area contributed by atoms with Gasteiger partial charge < -0.3 is 26.1 Å². The van der Waals surface area contributed by atoms with Crippen LogP contribution < -0.4 is 21.1 Å². The highest BCUT2D eigenvalue weighted by Gasteiger charge is 2.32. The maximum atomic E-state index is 13.1. The molecule has 1 fully saturated rings. The van der Waals surface area contributed by atoms with Crippen molar-refractivity contribution in [3.05, 3.63) is 30.0 Å². The van der Waals surface area contributed by atoms with Crippen molar-refractivity contribution < 1.29 is 23.9 Å². The first-order valence-corrected chi connectivity index (χ1v) is 11.8. The summed E-state index contributed by atoms with van der Waals surface area (Å²) in [7, 11) is 0. The molecule has 1 saturated heterocycles. The molecule has 0 bridgehead atoms. The Kier molecular flexibility index (Phi) is 8.31. The van der Waals surface area contributed by atoms with Gasteiger partial charge in [0.2, 0.25) is 17.7 Å². The Labute approximate surface area is 199 Å². The van der Waals surface area contributed by atoms with E-state index in [0.29, 0.717) is 37.4 Å². The highest BCUT2D eigenvalue weighted by molar-refractivity contribution is 6.02. The molecular weight excluding hydrogens is 436 g/mol. The molecule has 1 aromatic carbocycles. The van der Waals surface area contributed by atoms with Crippen molar-refractivity contribution in [1.29, 1.82) is 0 Å². The number of rotatable bonds is 12. The Morgan fingerprint density at radius 1 is 1.26 bits per heavy atom. The lowest BCUT2D eigenvalue weighted by atomic mass is 9.90. The molecule has 2 heterocycles. The molecule has 2 aromatic rings. The Bertz CT molecular complexity index is 1060. The molecule has 9 nitrogen and oxygen atoms in total. The van der Waals surface area contributed by atoms with Gasteiger partial charge in [0.25, 0.3) is 0 Å². The molecule has 3 rings (SSSR count). The largest absolute Gasteiger partial charge is 0.493 e. The van der Waals surface area contributed by atoms with E-state index in [1.807, 2.05) is 39.0 Å². The summed E-state index contributed by atoms with van der Waals surface area (Å²) in [6.07, 6.45) is 1.20. The van der Waals surface area contributed by atoms with E-state index in [1.54, 1.807) is 6.07 Å². The summed E-state index contributed by atoms with van der Waals surface area (Å²) >= 11 is 0. The smallest absolute Gasteiger partial charge is 0.240 e. The average Bonchev–Trinajstić information content (AvgIpc) is 3.39. The molecule has 0 radical (unpaired) electrons. The number of primary amides is 1. The van der Waals surface area contributed by atoms with Gasteiger partial charge in [-0.15, -0.1) is 0 Å². The normalized spacial score (nSPS) is 17.4. The average molecular weight is 471 g/mol. The van der Waals surface area contributed by atoms with Crippen molar-refractivity contribution in [2.24, 2.45) is 23.5 Å². The van der Waals surface area contributed by atoms with E-state index < -0.39 is 23.8 Å². The molecule has 1 aliphatic heterocycles. The number of H-pyrrole nitrogens is 1. The molecule has 9 heteroatoms. The SMILES string of the molecule is CCOc1cccc2[nH]c(C(=O)C[C@@H](CC(C)C)C(=O)N[C@@H](C[C@@H]3CCNC3=O)C(N)=O)cc12. The highest BCUT2D eigenvalue weighted by Crippen LogP contribution is 2.28. The fourth-order valence-electron chi connectivity index (χ4n) is 4.44. The maximum absolute atomic E-state index is 13.1. The number of ketones is 1. The third-order valence-corrected chi connectivity index (χ3v) is 6.13. The van der Waals surface area contributed by atoms with Crippen LogP contribution in [0, 0.1) is 17.8 Å². The summed E-state index contributed by atoms with van der Waals surface area (Å²) in [5, 5.41) is 6.23. The van der Waals surface area contributed by atoms with Crippen LogP contribution in [0.1, 0.15) is 56.9 Å². The van der Waals surface area contributed by atoms with Crippen LogP contribution in [-0.4, -0.2) is 47.7 Å². The number of carbonyl (C=O) groups is 4.